The monoisotopic (exact) mass is 467 g/mol. The molecule has 4 rings (SSSR count). The van der Waals surface area contributed by atoms with Crippen LogP contribution in [0.3, 0.4) is 0 Å². The van der Waals surface area contributed by atoms with Gasteiger partial charge in [0.1, 0.15) is 24.0 Å². The van der Waals surface area contributed by atoms with Crippen molar-refractivity contribution in [1.29, 1.82) is 0 Å². The summed E-state index contributed by atoms with van der Waals surface area (Å²) in [7, 11) is 1.77. The van der Waals surface area contributed by atoms with Gasteiger partial charge in [-0.05, 0) is 30.0 Å². The standard InChI is InChI=1S/C24H30ClN7O/c1-26-24-30-21(14-22(31-24)32-12-11-27-16-32)29-20(13-17-5-3-2-4-6-17)23(33)28-15-18-7-9-19(25)10-8-18/h7-12,14,16-17,20H,2-6,13,15H2,1H3,(H,28,33)(H2,26,29,30,31)/t20-/m1/s1. The lowest BCUT2D eigenvalue weighted by Crippen LogP contribution is -2.41. The van der Waals surface area contributed by atoms with Crippen LogP contribution in [0.5, 0.6) is 0 Å². The summed E-state index contributed by atoms with van der Waals surface area (Å²) in [5.74, 6) is 2.23. The van der Waals surface area contributed by atoms with E-state index in [1.807, 2.05) is 41.1 Å². The summed E-state index contributed by atoms with van der Waals surface area (Å²) >= 11 is 5.98. The molecule has 1 aromatic carbocycles. The maximum atomic E-state index is 13.3. The Bertz CT molecular complexity index is 1030. The maximum Gasteiger partial charge on any atom is 0.242 e. The van der Waals surface area contributed by atoms with Gasteiger partial charge in [0.2, 0.25) is 11.9 Å². The van der Waals surface area contributed by atoms with Gasteiger partial charge >= 0.3 is 0 Å². The highest BCUT2D eigenvalue weighted by atomic mass is 35.5. The second kappa shape index (κ2) is 11.1. The van der Waals surface area contributed by atoms with E-state index in [2.05, 4.69) is 30.9 Å². The number of aromatic nitrogens is 4. The van der Waals surface area contributed by atoms with E-state index in [9.17, 15) is 4.79 Å². The van der Waals surface area contributed by atoms with Crippen molar-refractivity contribution < 1.29 is 4.79 Å². The van der Waals surface area contributed by atoms with Crippen molar-refractivity contribution in [2.75, 3.05) is 17.7 Å². The summed E-state index contributed by atoms with van der Waals surface area (Å²) in [5.41, 5.74) is 1.01. The lowest BCUT2D eigenvalue weighted by atomic mass is 9.84. The minimum Gasteiger partial charge on any atom is -0.358 e. The number of benzene rings is 1. The molecule has 1 aliphatic rings. The van der Waals surface area contributed by atoms with Gasteiger partial charge in [0.05, 0.1) is 0 Å². The van der Waals surface area contributed by atoms with Crippen molar-refractivity contribution in [2.45, 2.75) is 51.1 Å². The van der Waals surface area contributed by atoms with Crippen molar-refractivity contribution in [3.05, 3.63) is 59.6 Å². The van der Waals surface area contributed by atoms with Gasteiger partial charge in [-0.2, -0.15) is 9.97 Å². The fraction of sp³-hybridized carbons (Fsp3) is 0.417. The molecule has 0 aliphatic heterocycles. The number of imidazole rings is 1. The average molecular weight is 468 g/mol. The first-order valence-corrected chi connectivity index (χ1v) is 11.8. The van der Waals surface area contributed by atoms with E-state index in [0.29, 0.717) is 35.1 Å². The first-order chi connectivity index (χ1) is 16.1. The van der Waals surface area contributed by atoms with Gasteiger partial charge in [-0.3, -0.25) is 9.36 Å². The van der Waals surface area contributed by atoms with Crippen LogP contribution in [-0.4, -0.2) is 38.5 Å². The fourth-order valence-corrected chi connectivity index (χ4v) is 4.35. The molecule has 3 aromatic rings. The molecule has 8 nitrogen and oxygen atoms in total. The third-order valence-corrected chi connectivity index (χ3v) is 6.27. The predicted molar refractivity (Wildman–Crippen MR) is 131 cm³/mol. The predicted octanol–water partition coefficient (Wildman–Crippen LogP) is 4.42. The molecule has 1 atom stereocenters. The van der Waals surface area contributed by atoms with Crippen LogP contribution in [-0.2, 0) is 11.3 Å². The summed E-state index contributed by atoms with van der Waals surface area (Å²) in [5, 5.41) is 10.1. The van der Waals surface area contributed by atoms with E-state index in [4.69, 9.17) is 11.6 Å². The molecule has 0 saturated heterocycles. The van der Waals surface area contributed by atoms with Gasteiger partial charge in [0.15, 0.2) is 0 Å². The zero-order valence-corrected chi connectivity index (χ0v) is 19.6. The van der Waals surface area contributed by atoms with E-state index in [0.717, 1.165) is 24.8 Å². The number of halogens is 1. The van der Waals surface area contributed by atoms with Gasteiger partial charge in [-0.15, -0.1) is 0 Å². The highest BCUT2D eigenvalue weighted by Gasteiger charge is 2.25. The lowest BCUT2D eigenvalue weighted by molar-refractivity contribution is -0.122. The van der Waals surface area contributed by atoms with E-state index in [1.54, 1.807) is 19.6 Å². The van der Waals surface area contributed by atoms with Gasteiger partial charge < -0.3 is 16.0 Å². The van der Waals surface area contributed by atoms with Crippen LogP contribution >= 0.6 is 11.6 Å². The minimum absolute atomic E-state index is 0.0377. The Morgan fingerprint density at radius 2 is 1.97 bits per heavy atom. The van der Waals surface area contributed by atoms with Gasteiger partial charge in [-0.25, -0.2) is 4.98 Å². The van der Waals surface area contributed by atoms with Crippen LogP contribution in [0.15, 0.2) is 49.1 Å². The molecule has 0 unspecified atom stereocenters. The number of hydrogen-bond donors (Lipinski definition) is 3. The van der Waals surface area contributed by atoms with E-state index < -0.39 is 6.04 Å². The zero-order valence-electron chi connectivity index (χ0n) is 18.8. The van der Waals surface area contributed by atoms with Crippen molar-refractivity contribution in [3.8, 4) is 5.82 Å². The number of amides is 1. The van der Waals surface area contributed by atoms with E-state index in [-0.39, 0.29) is 5.91 Å². The third-order valence-electron chi connectivity index (χ3n) is 6.02. The summed E-state index contributed by atoms with van der Waals surface area (Å²) in [4.78, 5) is 26.4. The second-order valence-electron chi connectivity index (χ2n) is 8.44. The number of carbonyl (C=O) groups excluding carboxylic acids is 1. The molecule has 2 aromatic heterocycles. The van der Waals surface area contributed by atoms with Gasteiger partial charge in [0, 0.05) is 37.1 Å². The van der Waals surface area contributed by atoms with Crippen molar-refractivity contribution in [1.82, 2.24) is 24.8 Å². The highest BCUT2D eigenvalue weighted by molar-refractivity contribution is 6.30. The molecule has 1 saturated carbocycles. The Morgan fingerprint density at radius 3 is 2.67 bits per heavy atom. The van der Waals surface area contributed by atoms with Crippen molar-refractivity contribution >= 4 is 29.3 Å². The Morgan fingerprint density at radius 1 is 1.18 bits per heavy atom. The molecular weight excluding hydrogens is 438 g/mol. The van der Waals surface area contributed by atoms with Gasteiger partial charge in [0.25, 0.3) is 0 Å². The fourth-order valence-electron chi connectivity index (χ4n) is 4.23. The topological polar surface area (TPSA) is 96.8 Å². The summed E-state index contributed by atoms with van der Waals surface area (Å²) in [6, 6.07) is 8.95. The van der Waals surface area contributed by atoms with Crippen LogP contribution in [0.1, 0.15) is 44.1 Å². The quantitative estimate of drug-likeness (QED) is 0.431. The normalized spacial score (nSPS) is 15.1. The molecule has 0 spiro atoms. The first kappa shape index (κ1) is 23.0. The SMILES string of the molecule is CNc1nc(N[C@H](CC2CCCCC2)C(=O)NCc2ccc(Cl)cc2)cc(-n2ccnc2)n1. The molecule has 0 radical (unpaired) electrons. The summed E-state index contributed by atoms with van der Waals surface area (Å²) in [6.45, 7) is 0.449. The second-order valence-corrected chi connectivity index (χ2v) is 8.87. The molecule has 3 N–H and O–H groups in total. The molecule has 0 bridgehead atoms. The smallest absolute Gasteiger partial charge is 0.242 e. The molecule has 1 fully saturated rings. The number of anilines is 2. The molecular formula is C24H30ClN7O. The minimum atomic E-state index is -0.393. The first-order valence-electron chi connectivity index (χ1n) is 11.4. The number of rotatable bonds is 9. The third kappa shape index (κ3) is 6.44. The molecule has 1 aliphatic carbocycles. The maximum absolute atomic E-state index is 13.3. The van der Waals surface area contributed by atoms with Crippen molar-refractivity contribution in [3.63, 3.8) is 0 Å². The molecule has 1 amide bonds. The number of carbonyl (C=O) groups is 1. The van der Waals surface area contributed by atoms with Crippen molar-refractivity contribution in [2.24, 2.45) is 5.92 Å². The molecule has 33 heavy (non-hydrogen) atoms. The Balaban J connectivity index is 1.51. The molecule has 174 valence electrons. The van der Waals surface area contributed by atoms with Crippen LogP contribution in [0.2, 0.25) is 5.02 Å². The van der Waals surface area contributed by atoms with Crippen LogP contribution in [0.25, 0.3) is 5.82 Å². The van der Waals surface area contributed by atoms with Gasteiger partial charge in [-0.1, -0.05) is 55.8 Å². The van der Waals surface area contributed by atoms with E-state index in [1.165, 1.54) is 19.3 Å². The largest absolute Gasteiger partial charge is 0.358 e. The molecule has 9 heteroatoms. The Kier molecular flexibility index (Phi) is 7.78. The zero-order chi connectivity index (χ0) is 23.0. The number of nitrogens with zero attached hydrogens (tertiary/aromatic N) is 4. The highest BCUT2D eigenvalue weighted by Crippen LogP contribution is 2.28. The molecule has 2 heterocycles. The lowest BCUT2D eigenvalue weighted by Gasteiger charge is -2.27. The Hall–Kier alpha value is -3.13. The van der Waals surface area contributed by atoms with E-state index >= 15 is 0 Å². The summed E-state index contributed by atoms with van der Waals surface area (Å²) < 4.78 is 1.81. The van der Waals surface area contributed by atoms with Crippen LogP contribution in [0, 0.1) is 5.92 Å². The van der Waals surface area contributed by atoms with Crippen LogP contribution in [0.4, 0.5) is 11.8 Å². The summed E-state index contributed by atoms with van der Waals surface area (Å²) in [6.07, 6.45) is 12.0. The average Bonchev–Trinajstić information content (AvgIpc) is 3.39. The van der Waals surface area contributed by atoms with Crippen LogP contribution < -0.4 is 16.0 Å². The number of hydrogen-bond acceptors (Lipinski definition) is 6. The Labute approximate surface area is 199 Å². The number of nitrogens with one attached hydrogen (secondary N) is 3.